The quantitative estimate of drug-likeness (QED) is 0.581. The van der Waals surface area contributed by atoms with Crippen molar-refractivity contribution in [3.05, 3.63) is 54.1 Å². The standard InChI is InChI=1S/C19H26NO5P/c1-5-24-26(21,25-6-2)19(20-16-10-8-7-9-11-16)15-12-13-17(22-3)18(14-15)23-4/h7-14,19-20H,5-6H2,1-4H3. The monoisotopic (exact) mass is 379 g/mol. The van der Waals surface area contributed by atoms with Crippen molar-refractivity contribution < 1.29 is 23.1 Å². The van der Waals surface area contributed by atoms with Crippen LogP contribution in [0.1, 0.15) is 25.2 Å². The van der Waals surface area contributed by atoms with Crippen molar-refractivity contribution in [1.29, 1.82) is 0 Å². The molecule has 0 spiro atoms. The average molecular weight is 379 g/mol. The molecule has 0 radical (unpaired) electrons. The molecule has 2 aromatic rings. The number of para-hydroxylation sites is 1. The molecular weight excluding hydrogens is 353 g/mol. The van der Waals surface area contributed by atoms with E-state index in [9.17, 15) is 4.57 Å². The Labute approximate surface area is 155 Å². The molecule has 1 N–H and O–H groups in total. The third kappa shape index (κ3) is 4.79. The lowest BCUT2D eigenvalue weighted by Gasteiger charge is -2.28. The summed E-state index contributed by atoms with van der Waals surface area (Å²) in [4.78, 5) is 0. The first kappa shape index (κ1) is 20.3. The Morgan fingerprint density at radius 3 is 2.08 bits per heavy atom. The molecule has 2 rings (SSSR count). The maximum Gasteiger partial charge on any atom is 0.357 e. The number of hydrogen-bond donors (Lipinski definition) is 1. The zero-order valence-electron chi connectivity index (χ0n) is 15.6. The number of methoxy groups -OCH3 is 2. The third-order valence-electron chi connectivity index (χ3n) is 3.73. The number of anilines is 1. The van der Waals surface area contributed by atoms with Gasteiger partial charge >= 0.3 is 7.60 Å². The van der Waals surface area contributed by atoms with Crippen LogP contribution in [0, 0.1) is 0 Å². The number of benzene rings is 2. The summed E-state index contributed by atoms with van der Waals surface area (Å²) >= 11 is 0. The van der Waals surface area contributed by atoms with E-state index in [1.54, 1.807) is 40.2 Å². The second-order valence-electron chi connectivity index (χ2n) is 5.40. The summed E-state index contributed by atoms with van der Waals surface area (Å²) in [6, 6.07) is 14.9. The number of ether oxygens (including phenoxy) is 2. The Hall–Kier alpha value is -2.01. The molecule has 0 aromatic heterocycles. The summed E-state index contributed by atoms with van der Waals surface area (Å²) in [5.41, 5.74) is 1.53. The molecule has 0 aliphatic heterocycles. The fourth-order valence-electron chi connectivity index (χ4n) is 2.61. The minimum atomic E-state index is -3.48. The molecule has 0 bridgehead atoms. The van der Waals surface area contributed by atoms with E-state index < -0.39 is 13.4 Å². The molecule has 1 atom stereocenters. The number of hydrogen-bond acceptors (Lipinski definition) is 6. The van der Waals surface area contributed by atoms with Crippen LogP contribution < -0.4 is 14.8 Å². The average Bonchev–Trinajstić information content (AvgIpc) is 2.66. The van der Waals surface area contributed by atoms with Gasteiger partial charge in [0.2, 0.25) is 0 Å². The summed E-state index contributed by atoms with van der Waals surface area (Å²) in [5, 5.41) is 3.28. The van der Waals surface area contributed by atoms with Gasteiger partial charge in [0, 0.05) is 5.69 Å². The minimum Gasteiger partial charge on any atom is -0.493 e. The number of nitrogens with one attached hydrogen (secondary N) is 1. The van der Waals surface area contributed by atoms with Crippen LogP contribution in [0.2, 0.25) is 0 Å². The maximum absolute atomic E-state index is 13.5. The lowest BCUT2D eigenvalue weighted by atomic mass is 10.2. The van der Waals surface area contributed by atoms with Gasteiger partial charge in [0.1, 0.15) is 0 Å². The maximum atomic E-state index is 13.5. The first-order chi connectivity index (χ1) is 12.6. The lowest BCUT2D eigenvalue weighted by molar-refractivity contribution is 0.214. The Morgan fingerprint density at radius 2 is 1.54 bits per heavy atom. The van der Waals surface area contributed by atoms with Crippen molar-refractivity contribution in [2.45, 2.75) is 19.6 Å². The third-order valence-corrected chi connectivity index (χ3v) is 6.03. The van der Waals surface area contributed by atoms with Gasteiger partial charge < -0.3 is 23.8 Å². The summed E-state index contributed by atoms with van der Waals surface area (Å²) < 4.78 is 35.3. The van der Waals surface area contributed by atoms with E-state index in [-0.39, 0.29) is 13.2 Å². The molecule has 7 heteroatoms. The Morgan fingerprint density at radius 1 is 0.923 bits per heavy atom. The molecule has 0 saturated heterocycles. The second kappa shape index (κ2) is 9.62. The van der Waals surface area contributed by atoms with Crippen LogP contribution in [0.25, 0.3) is 0 Å². The highest BCUT2D eigenvalue weighted by molar-refractivity contribution is 7.54. The van der Waals surface area contributed by atoms with E-state index in [1.807, 2.05) is 36.4 Å². The zero-order valence-corrected chi connectivity index (χ0v) is 16.5. The van der Waals surface area contributed by atoms with E-state index in [0.717, 1.165) is 11.3 Å². The van der Waals surface area contributed by atoms with Gasteiger partial charge in [0.05, 0.1) is 27.4 Å². The summed E-state index contributed by atoms with van der Waals surface area (Å²) in [7, 11) is -0.345. The van der Waals surface area contributed by atoms with Crippen LogP contribution in [0.15, 0.2) is 48.5 Å². The van der Waals surface area contributed by atoms with Gasteiger partial charge in [0.15, 0.2) is 17.3 Å². The van der Waals surface area contributed by atoms with Crippen LogP contribution in [0.4, 0.5) is 5.69 Å². The van der Waals surface area contributed by atoms with E-state index in [0.29, 0.717) is 11.5 Å². The topological polar surface area (TPSA) is 66.0 Å². The first-order valence-electron chi connectivity index (χ1n) is 8.50. The number of rotatable bonds is 10. The summed E-state index contributed by atoms with van der Waals surface area (Å²) in [6.45, 7) is 4.13. The molecule has 142 valence electrons. The van der Waals surface area contributed by atoms with Crippen molar-refractivity contribution in [3.63, 3.8) is 0 Å². The molecule has 0 fully saturated rings. The fourth-order valence-corrected chi connectivity index (χ4v) is 4.53. The molecule has 0 amide bonds. The van der Waals surface area contributed by atoms with E-state index in [2.05, 4.69) is 5.32 Å². The summed E-state index contributed by atoms with van der Waals surface area (Å²) in [6.07, 6.45) is 0. The van der Waals surface area contributed by atoms with Gasteiger partial charge in [-0.05, 0) is 43.7 Å². The predicted molar refractivity (Wildman–Crippen MR) is 103 cm³/mol. The second-order valence-corrected chi connectivity index (χ2v) is 7.52. The van der Waals surface area contributed by atoms with E-state index in [4.69, 9.17) is 18.5 Å². The molecule has 0 aliphatic rings. The van der Waals surface area contributed by atoms with Gasteiger partial charge in [0.25, 0.3) is 0 Å². The first-order valence-corrected chi connectivity index (χ1v) is 10.1. The van der Waals surface area contributed by atoms with Crippen LogP contribution in [-0.2, 0) is 13.6 Å². The van der Waals surface area contributed by atoms with E-state index >= 15 is 0 Å². The van der Waals surface area contributed by atoms with Gasteiger partial charge in [-0.15, -0.1) is 0 Å². The highest BCUT2D eigenvalue weighted by Crippen LogP contribution is 2.61. The molecule has 2 aromatic carbocycles. The highest BCUT2D eigenvalue weighted by Gasteiger charge is 2.37. The Balaban J connectivity index is 2.50. The molecule has 0 heterocycles. The van der Waals surface area contributed by atoms with E-state index in [1.165, 1.54) is 0 Å². The van der Waals surface area contributed by atoms with Gasteiger partial charge in [-0.3, -0.25) is 4.57 Å². The predicted octanol–water partition coefficient (Wildman–Crippen LogP) is 5.08. The smallest absolute Gasteiger partial charge is 0.357 e. The molecule has 1 unspecified atom stereocenters. The van der Waals surface area contributed by atoms with Crippen LogP contribution in [-0.4, -0.2) is 27.4 Å². The minimum absolute atomic E-state index is 0.275. The normalized spacial score (nSPS) is 12.5. The van der Waals surface area contributed by atoms with Gasteiger partial charge in [-0.1, -0.05) is 24.3 Å². The van der Waals surface area contributed by atoms with Gasteiger partial charge in [-0.25, -0.2) is 0 Å². The van der Waals surface area contributed by atoms with Crippen molar-refractivity contribution in [3.8, 4) is 11.5 Å². The van der Waals surface area contributed by atoms with Gasteiger partial charge in [-0.2, -0.15) is 0 Å². The molecule has 0 saturated carbocycles. The SMILES string of the molecule is CCOP(=O)(OCC)C(Nc1ccccc1)c1ccc(OC)c(OC)c1. The molecule has 6 nitrogen and oxygen atoms in total. The van der Waals surface area contributed by atoms with Crippen LogP contribution in [0.5, 0.6) is 11.5 Å². The lowest BCUT2D eigenvalue weighted by Crippen LogP contribution is -2.15. The largest absolute Gasteiger partial charge is 0.493 e. The summed E-state index contributed by atoms with van der Waals surface area (Å²) in [5.74, 6) is 0.450. The van der Waals surface area contributed by atoms with Crippen molar-refractivity contribution in [2.24, 2.45) is 0 Å². The Bertz CT molecular complexity index is 728. The molecule has 26 heavy (non-hydrogen) atoms. The Kier molecular flexibility index (Phi) is 7.51. The van der Waals surface area contributed by atoms with Crippen LogP contribution >= 0.6 is 7.60 Å². The van der Waals surface area contributed by atoms with Crippen molar-refractivity contribution in [1.82, 2.24) is 0 Å². The molecule has 0 aliphatic carbocycles. The van der Waals surface area contributed by atoms with Crippen LogP contribution in [0.3, 0.4) is 0 Å². The van der Waals surface area contributed by atoms with Crippen molar-refractivity contribution in [2.75, 3.05) is 32.8 Å². The molecular formula is C19H26NO5P. The van der Waals surface area contributed by atoms with Crippen molar-refractivity contribution >= 4 is 13.3 Å². The zero-order chi connectivity index (χ0) is 19.0. The highest BCUT2D eigenvalue weighted by atomic mass is 31.2. The fraction of sp³-hybridized carbons (Fsp3) is 0.368.